The van der Waals surface area contributed by atoms with E-state index in [-0.39, 0.29) is 0 Å². The van der Waals surface area contributed by atoms with Crippen molar-refractivity contribution < 1.29 is 19.8 Å². The van der Waals surface area contributed by atoms with Crippen LogP contribution in [0.5, 0.6) is 0 Å². The van der Waals surface area contributed by atoms with Crippen LogP contribution in [0.25, 0.3) is 11.0 Å². The molecule has 2 N–H and O–H groups in total. The summed E-state index contributed by atoms with van der Waals surface area (Å²) >= 11 is 0. The van der Waals surface area contributed by atoms with Gasteiger partial charge in [0, 0.05) is 32.7 Å². The summed E-state index contributed by atoms with van der Waals surface area (Å²) in [6.45, 7) is 7.27. The molecule has 1 aromatic heterocycles. The molecule has 8 heteroatoms. The lowest BCUT2D eigenvalue weighted by molar-refractivity contribution is -0.159. The summed E-state index contributed by atoms with van der Waals surface area (Å²) < 4.78 is 0. The number of fused-ring (bicyclic) bond motifs is 1. The Kier molecular flexibility index (Phi) is 6.92. The molecular weight excluding hydrogens is 384 g/mol. The Morgan fingerprint density at radius 2 is 1.50 bits per heavy atom. The second-order valence-corrected chi connectivity index (χ2v) is 7.08. The van der Waals surface area contributed by atoms with Gasteiger partial charge in [0.25, 0.3) is 0 Å². The fraction of sp³-hybridized carbons (Fsp3) is 0.273. The van der Waals surface area contributed by atoms with Crippen LogP contribution < -0.4 is 4.90 Å². The molecule has 1 fully saturated rings. The second kappa shape index (κ2) is 9.80. The predicted octanol–water partition coefficient (Wildman–Crippen LogP) is 2.42. The van der Waals surface area contributed by atoms with Crippen molar-refractivity contribution in [1.29, 1.82) is 0 Å². The average Bonchev–Trinajstić information content (AvgIpc) is 2.76. The molecule has 0 amide bonds. The van der Waals surface area contributed by atoms with Crippen molar-refractivity contribution in [3.8, 4) is 0 Å². The van der Waals surface area contributed by atoms with Gasteiger partial charge in [-0.2, -0.15) is 0 Å². The van der Waals surface area contributed by atoms with Crippen molar-refractivity contribution in [3.63, 3.8) is 0 Å². The van der Waals surface area contributed by atoms with Crippen molar-refractivity contribution >= 4 is 28.8 Å². The van der Waals surface area contributed by atoms with E-state index in [9.17, 15) is 0 Å². The number of carboxylic acid groups (broad SMARTS) is 2. The molecule has 1 saturated heterocycles. The van der Waals surface area contributed by atoms with E-state index in [2.05, 4.69) is 46.0 Å². The summed E-state index contributed by atoms with van der Waals surface area (Å²) in [7, 11) is 0. The summed E-state index contributed by atoms with van der Waals surface area (Å²) in [5.74, 6) is -2.66. The summed E-state index contributed by atoms with van der Waals surface area (Å²) in [5.41, 5.74) is 4.63. The van der Waals surface area contributed by atoms with Crippen molar-refractivity contribution in [2.75, 3.05) is 31.1 Å². The number of carboxylic acids is 2. The maximum absolute atomic E-state index is 9.10. The zero-order valence-electron chi connectivity index (χ0n) is 16.7. The number of para-hydroxylation sites is 2. The van der Waals surface area contributed by atoms with Crippen molar-refractivity contribution in [1.82, 2.24) is 14.9 Å². The molecule has 4 rings (SSSR count). The number of aromatic nitrogens is 2. The lowest BCUT2D eigenvalue weighted by Crippen LogP contribution is -2.46. The molecule has 0 unspecified atom stereocenters. The van der Waals surface area contributed by atoms with Crippen molar-refractivity contribution in [2.45, 2.75) is 13.5 Å². The van der Waals surface area contributed by atoms with Crippen molar-refractivity contribution in [2.24, 2.45) is 0 Å². The lowest BCUT2D eigenvalue weighted by atomic mass is 10.1. The highest BCUT2D eigenvalue weighted by Gasteiger charge is 2.18. The molecule has 8 nitrogen and oxygen atoms in total. The van der Waals surface area contributed by atoms with E-state index < -0.39 is 11.9 Å². The first kappa shape index (κ1) is 21.2. The molecule has 2 aromatic carbocycles. The van der Waals surface area contributed by atoms with Crippen LogP contribution in [0.2, 0.25) is 0 Å². The molecule has 0 bridgehead atoms. The van der Waals surface area contributed by atoms with Gasteiger partial charge in [-0.3, -0.25) is 9.88 Å². The van der Waals surface area contributed by atoms with E-state index in [0.29, 0.717) is 0 Å². The third-order valence-electron chi connectivity index (χ3n) is 4.84. The number of rotatable bonds is 3. The standard InChI is InChI=1S/C20H22N4.C2H2O4/c1-16-6-8-17(9-7-16)15-23-10-12-24(13-11-23)20-14-21-18-4-2-3-5-19(18)22-20;3-1(4)2(5)6/h2-9,14H,10-13,15H2,1H3;(H,3,4)(H,5,6). The van der Waals surface area contributed by atoms with Crippen LogP contribution in [-0.4, -0.2) is 63.2 Å². The van der Waals surface area contributed by atoms with Gasteiger partial charge in [-0.05, 0) is 24.6 Å². The van der Waals surface area contributed by atoms with Crippen LogP contribution in [0.15, 0.2) is 54.7 Å². The van der Waals surface area contributed by atoms with E-state index in [0.717, 1.165) is 49.6 Å². The quantitative estimate of drug-likeness (QED) is 0.637. The van der Waals surface area contributed by atoms with Gasteiger partial charge in [-0.15, -0.1) is 0 Å². The first-order valence-corrected chi connectivity index (χ1v) is 9.63. The number of carbonyl (C=O) groups is 2. The zero-order valence-corrected chi connectivity index (χ0v) is 16.7. The van der Waals surface area contributed by atoms with E-state index in [1.807, 2.05) is 30.5 Å². The fourth-order valence-electron chi connectivity index (χ4n) is 3.19. The number of anilines is 1. The third-order valence-corrected chi connectivity index (χ3v) is 4.84. The number of nitrogens with zero attached hydrogens (tertiary/aromatic N) is 4. The summed E-state index contributed by atoms with van der Waals surface area (Å²) in [5, 5.41) is 14.8. The molecule has 2 heterocycles. The van der Waals surface area contributed by atoms with Gasteiger partial charge in [-0.1, -0.05) is 42.0 Å². The number of benzene rings is 2. The predicted molar refractivity (Wildman–Crippen MR) is 113 cm³/mol. The smallest absolute Gasteiger partial charge is 0.414 e. The van der Waals surface area contributed by atoms with Crippen LogP contribution >= 0.6 is 0 Å². The van der Waals surface area contributed by atoms with E-state index in [1.54, 1.807) is 0 Å². The maximum atomic E-state index is 9.10. The molecule has 3 aromatic rings. The fourth-order valence-corrected chi connectivity index (χ4v) is 3.19. The molecule has 1 aliphatic rings. The van der Waals surface area contributed by atoms with Crippen LogP contribution in [0.4, 0.5) is 5.82 Å². The zero-order chi connectivity index (χ0) is 21.5. The van der Waals surface area contributed by atoms with Crippen LogP contribution in [0.1, 0.15) is 11.1 Å². The minimum atomic E-state index is -1.82. The topological polar surface area (TPSA) is 107 Å². The molecule has 0 saturated carbocycles. The Balaban J connectivity index is 0.000000377. The molecule has 0 spiro atoms. The van der Waals surface area contributed by atoms with Crippen LogP contribution in [0, 0.1) is 6.92 Å². The first-order valence-electron chi connectivity index (χ1n) is 9.63. The van der Waals surface area contributed by atoms with Crippen LogP contribution in [-0.2, 0) is 16.1 Å². The summed E-state index contributed by atoms with van der Waals surface area (Å²) in [6, 6.07) is 16.9. The van der Waals surface area contributed by atoms with E-state index in [4.69, 9.17) is 24.8 Å². The molecule has 30 heavy (non-hydrogen) atoms. The normalized spacial score (nSPS) is 14.1. The van der Waals surface area contributed by atoms with Gasteiger partial charge >= 0.3 is 11.9 Å². The summed E-state index contributed by atoms with van der Waals surface area (Å²) in [4.78, 5) is 32.3. The Labute approximate surface area is 174 Å². The minimum absolute atomic E-state index is 0.958. The molecule has 0 atom stereocenters. The number of piperazine rings is 1. The Hall–Kier alpha value is -3.52. The highest BCUT2D eigenvalue weighted by atomic mass is 16.4. The SMILES string of the molecule is Cc1ccc(CN2CCN(c3cnc4ccccc4n3)CC2)cc1.O=C(O)C(=O)O. The lowest BCUT2D eigenvalue weighted by Gasteiger charge is -2.35. The largest absolute Gasteiger partial charge is 0.473 e. The second-order valence-electron chi connectivity index (χ2n) is 7.08. The Morgan fingerprint density at radius 1 is 0.900 bits per heavy atom. The van der Waals surface area contributed by atoms with E-state index >= 15 is 0 Å². The third kappa shape index (κ3) is 5.74. The molecular formula is C22H24N4O4. The van der Waals surface area contributed by atoms with Crippen LogP contribution in [0.3, 0.4) is 0 Å². The Morgan fingerprint density at radius 3 is 2.10 bits per heavy atom. The number of hydrogen-bond acceptors (Lipinski definition) is 6. The van der Waals surface area contributed by atoms with Gasteiger partial charge < -0.3 is 15.1 Å². The monoisotopic (exact) mass is 408 g/mol. The Bertz CT molecular complexity index is 1000. The number of hydrogen-bond donors (Lipinski definition) is 2. The summed E-state index contributed by atoms with van der Waals surface area (Å²) in [6.07, 6.45) is 1.90. The molecule has 0 aliphatic carbocycles. The van der Waals surface area contributed by atoms with Gasteiger partial charge in [0.05, 0.1) is 17.2 Å². The average molecular weight is 408 g/mol. The van der Waals surface area contributed by atoms with Gasteiger partial charge in [0.1, 0.15) is 5.82 Å². The highest BCUT2D eigenvalue weighted by molar-refractivity contribution is 6.27. The van der Waals surface area contributed by atoms with Crippen molar-refractivity contribution in [3.05, 3.63) is 65.9 Å². The molecule has 1 aliphatic heterocycles. The first-order chi connectivity index (χ1) is 14.4. The number of aliphatic carboxylic acids is 2. The number of aryl methyl sites for hydroxylation is 1. The van der Waals surface area contributed by atoms with Gasteiger partial charge in [0.15, 0.2) is 0 Å². The highest BCUT2D eigenvalue weighted by Crippen LogP contribution is 2.18. The minimum Gasteiger partial charge on any atom is -0.473 e. The maximum Gasteiger partial charge on any atom is 0.414 e. The molecule has 0 radical (unpaired) electrons. The van der Waals surface area contributed by atoms with Gasteiger partial charge in [-0.25, -0.2) is 14.6 Å². The molecule has 156 valence electrons. The van der Waals surface area contributed by atoms with E-state index in [1.165, 1.54) is 11.1 Å². The van der Waals surface area contributed by atoms with Gasteiger partial charge in [0.2, 0.25) is 0 Å².